The van der Waals surface area contributed by atoms with E-state index in [1.807, 2.05) is 13.8 Å². The number of methoxy groups -OCH3 is 1. The third-order valence-corrected chi connectivity index (χ3v) is 6.80. The monoisotopic (exact) mass is 507 g/mol. The van der Waals surface area contributed by atoms with Crippen LogP contribution in [0.1, 0.15) is 39.2 Å². The van der Waals surface area contributed by atoms with Gasteiger partial charge in [0.1, 0.15) is 24.2 Å². The maximum absolute atomic E-state index is 14.5. The van der Waals surface area contributed by atoms with Gasteiger partial charge in [0.2, 0.25) is 21.8 Å². The molecule has 0 aliphatic carbocycles. The summed E-state index contributed by atoms with van der Waals surface area (Å²) >= 11 is 0. The average molecular weight is 508 g/mol. The molecule has 0 heterocycles. The van der Waals surface area contributed by atoms with E-state index in [0.717, 1.165) is 16.6 Å². The van der Waals surface area contributed by atoms with Crippen molar-refractivity contribution in [3.05, 3.63) is 59.9 Å². The molecule has 10 heteroatoms. The first-order valence-corrected chi connectivity index (χ1v) is 13.3. The number of hydrogen-bond donors (Lipinski definition) is 1. The number of carbonyl (C=O) groups is 2. The highest BCUT2D eigenvalue weighted by Crippen LogP contribution is 2.23. The van der Waals surface area contributed by atoms with Crippen molar-refractivity contribution in [3.8, 4) is 5.75 Å². The second kappa shape index (κ2) is 12.5. The largest absolute Gasteiger partial charge is 0.497 e. The third-order valence-electron chi connectivity index (χ3n) is 5.67. The van der Waals surface area contributed by atoms with Gasteiger partial charge in [-0.15, -0.1) is 0 Å². The molecule has 8 nitrogen and oxygen atoms in total. The first-order valence-electron chi connectivity index (χ1n) is 11.5. The maximum atomic E-state index is 14.5. The first-order chi connectivity index (χ1) is 16.5. The Morgan fingerprint density at radius 3 is 2.34 bits per heavy atom. The van der Waals surface area contributed by atoms with Crippen LogP contribution in [0, 0.1) is 5.82 Å². The summed E-state index contributed by atoms with van der Waals surface area (Å²) in [6.07, 6.45) is 1.92. The molecule has 2 atom stereocenters. The zero-order valence-corrected chi connectivity index (χ0v) is 21.6. The van der Waals surface area contributed by atoms with Crippen molar-refractivity contribution < 1.29 is 27.1 Å². The van der Waals surface area contributed by atoms with Crippen LogP contribution in [0.2, 0.25) is 0 Å². The van der Waals surface area contributed by atoms with Crippen molar-refractivity contribution in [2.24, 2.45) is 0 Å². The summed E-state index contributed by atoms with van der Waals surface area (Å²) in [5.41, 5.74) is 0.464. The Labute approximate surface area is 207 Å². The number of rotatable bonds is 12. The molecule has 0 aliphatic heterocycles. The lowest BCUT2D eigenvalue weighted by atomic mass is 10.1. The molecule has 192 valence electrons. The molecule has 0 saturated heterocycles. The summed E-state index contributed by atoms with van der Waals surface area (Å²) in [6, 6.07) is 11.4. The standard InChI is InChI=1S/C25H34FN3O5S/c1-6-18(3)27-25(31)22(7-2)28(16-19-11-10-12-20(15-19)34-4)24(30)17-29(35(5,32)33)23-14-9-8-13-21(23)26/h8-15,18,22H,6-7,16-17H2,1-5H3,(H,27,31)/t18-,22+/m1/s1. The van der Waals surface area contributed by atoms with Crippen molar-refractivity contribution in [1.82, 2.24) is 10.2 Å². The number of nitrogens with zero attached hydrogens (tertiary/aromatic N) is 2. The highest BCUT2D eigenvalue weighted by atomic mass is 32.2. The molecule has 35 heavy (non-hydrogen) atoms. The van der Waals surface area contributed by atoms with Gasteiger partial charge in [-0.3, -0.25) is 13.9 Å². The lowest BCUT2D eigenvalue weighted by molar-refractivity contribution is -0.140. The summed E-state index contributed by atoms with van der Waals surface area (Å²) in [7, 11) is -2.48. The van der Waals surface area contributed by atoms with Gasteiger partial charge < -0.3 is 15.0 Å². The number of sulfonamides is 1. The van der Waals surface area contributed by atoms with Crippen LogP contribution >= 0.6 is 0 Å². The second-order valence-corrected chi connectivity index (χ2v) is 10.2. The molecule has 0 saturated carbocycles. The van der Waals surface area contributed by atoms with E-state index < -0.39 is 34.3 Å². The minimum absolute atomic E-state index is 0.0390. The summed E-state index contributed by atoms with van der Waals surface area (Å²) in [4.78, 5) is 28.0. The Hall–Kier alpha value is -3.14. The number of anilines is 1. The van der Waals surface area contributed by atoms with Crippen LogP contribution in [0.25, 0.3) is 0 Å². The topological polar surface area (TPSA) is 96.0 Å². The lowest BCUT2D eigenvalue weighted by Crippen LogP contribution is -2.53. The van der Waals surface area contributed by atoms with Gasteiger partial charge >= 0.3 is 0 Å². The van der Waals surface area contributed by atoms with Crippen molar-refractivity contribution in [1.29, 1.82) is 0 Å². The van der Waals surface area contributed by atoms with E-state index in [-0.39, 0.29) is 24.2 Å². The summed E-state index contributed by atoms with van der Waals surface area (Å²) < 4.78 is 45.5. The minimum Gasteiger partial charge on any atom is -0.497 e. The van der Waals surface area contributed by atoms with Gasteiger partial charge in [0.25, 0.3) is 0 Å². The molecule has 2 rings (SSSR count). The molecular weight excluding hydrogens is 473 g/mol. The number of nitrogens with one attached hydrogen (secondary N) is 1. The quantitative estimate of drug-likeness (QED) is 0.476. The van der Waals surface area contributed by atoms with E-state index in [4.69, 9.17) is 4.74 Å². The van der Waals surface area contributed by atoms with E-state index in [1.54, 1.807) is 31.2 Å². The molecular formula is C25H34FN3O5S. The lowest BCUT2D eigenvalue weighted by Gasteiger charge is -2.33. The summed E-state index contributed by atoms with van der Waals surface area (Å²) in [6.45, 7) is 4.96. The van der Waals surface area contributed by atoms with Crippen molar-refractivity contribution in [2.45, 2.75) is 52.2 Å². The molecule has 0 bridgehead atoms. The van der Waals surface area contributed by atoms with E-state index in [9.17, 15) is 22.4 Å². The van der Waals surface area contributed by atoms with E-state index in [0.29, 0.717) is 24.2 Å². The Bertz CT molecular complexity index is 1130. The Kier molecular flexibility index (Phi) is 10.1. The molecule has 2 aromatic rings. The number of ether oxygens (including phenoxy) is 1. The molecule has 0 unspecified atom stereocenters. The van der Waals surface area contributed by atoms with E-state index >= 15 is 0 Å². The SMILES string of the molecule is CC[C@@H](C)NC(=O)[C@H](CC)N(Cc1cccc(OC)c1)C(=O)CN(c1ccccc1F)S(C)(=O)=O. The Morgan fingerprint density at radius 1 is 1.09 bits per heavy atom. The molecule has 0 radical (unpaired) electrons. The van der Waals surface area contributed by atoms with E-state index in [1.165, 1.54) is 30.2 Å². The van der Waals surface area contributed by atoms with Gasteiger partial charge in [-0.05, 0) is 49.6 Å². The van der Waals surface area contributed by atoms with Crippen molar-refractivity contribution in [3.63, 3.8) is 0 Å². The average Bonchev–Trinajstić information content (AvgIpc) is 2.82. The molecule has 0 aromatic heterocycles. The molecule has 0 fully saturated rings. The summed E-state index contributed by atoms with van der Waals surface area (Å²) in [5.74, 6) is -1.16. The Morgan fingerprint density at radius 2 is 1.77 bits per heavy atom. The summed E-state index contributed by atoms with van der Waals surface area (Å²) in [5, 5.41) is 2.90. The first kappa shape index (κ1) is 28.1. The van der Waals surface area contributed by atoms with Crippen LogP contribution in [0.4, 0.5) is 10.1 Å². The fourth-order valence-corrected chi connectivity index (χ4v) is 4.43. The maximum Gasteiger partial charge on any atom is 0.244 e. The number of halogens is 1. The zero-order chi connectivity index (χ0) is 26.2. The molecule has 2 amide bonds. The van der Waals surface area contributed by atoms with Gasteiger partial charge in [0.15, 0.2) is 0 Å². The fourth-order valence-electron chi connectivity index (χ4n) is 3.58. The highest BCUT2D eigenvalue weighted by molar-refractivity contribution is 7.92. The van der Waals surface area contributed by atoms with Gasteiger partial charge in [0, 0.05) is 12.6 Å². The number of para-hydroxylation sites is 1. The van der Waals surface area contributed by atoms with Crippen LogP contribution in [0.15, 0.2) is 48.5 Å². The van der Waals surface area contributed by atoms with Gasteiger partial charge in [-0.1, -0.05) is 38.1 Å². The van der Waals surface area contributed by atoms with Crippen LogP contribution in [0.5, 0.6) is 5.75 Å². The van der Waals surface area contributed by atoms with Crippen molar-refractivity contribution >= 4 is 27.5 Å². The predicted octanol–water partition coefficient (Wildman–Crippen LogP) is 3.32. The molecule has 0 spiro atoms. The van der Waals surface area contributed by atoms with Crippen molar-refractivity contribution in [2.75, 3.05) is 24.2 Å². The smallest absolute Gasteiger partial charge is 0.244 e. The van der Waals surface area contributed by atoms with Gasteiger partial charge in [-0.25, -0.2) is 12.8 Å². The van der Waals surface area contributed by atoms with Crippen LogP contribution in [-0.4, -0.2) is 57.1 Å². The minimum atomic E-state index is -4.00. The number of benzene rings is 2. The van der Waals surface area contributed by atoms with Gasteiger partial charge in [0.05, 0.1) is 19.1 Å². The number of carbonyl (C=O) groups excluding carboxylic acids is 2. The number of hydrogen-bond acceptors (Lipinski definition) is 5. The zero-order valence-electron chi connectivity index (χ0n) is 20.8. The number of amides is 2. The van der Waals surface area contributed by atoms with Gasteiger partial charge in [-0.2, -0.15) is 0 Å². The van der Waals surface area contributed by atoms with Crippen LogP contribution < -0.4 is 14.4 Å². The second-order valence-electron chi connectivity index (χ2n) is 8.34. The fraction of sp³-hybridized carbons (Fsp3) is 0.440. The normalized spacial score (nSPS) is 13.0. The third kappa shape index (κ3) is 7.68. The highest BCUT2D eigenvalue weighted by Gasteiger charge is 2.32. The van der Waals surface area contributed by atoms with E-state index in [2.05, 4.69) is 5.32 Å². The predicted molar refractivity (Wildman–Crippen MR) is 134 cm³/mol. The Balaban J connectivity index is 2.47. The van der Waals surface area contributed by atoms with Crippen LogP contribution in [0.3, 0.4) is 0 Å². The molecule has 1 N–H and O–H groups in total. The molecule has 2 aromatic carbocycles. The van der Waals surface area contributed by atoms with Crippen LogP contribution in [-0.2, 0) is 26.2 Å². The molecule has 0 aliphatic rings.